The number of hydrogen-bond donors (Lipinski definition) is 0. The molecule has 3 nitrogen and oxygen atoms in total. The molecule has 0 saturated carbocycles. The van der Waals surface area contributed by atoms with Crippen LogP contribution in [0.3, 0.4) is 0 Å². The topological polar surface area (TPSA) is 35.0 Å². The highest BCUT2D eigenvalue weighted by Crippen LogP contribution is 2.17. The van der Waals surface area contributed by atoms with E-state index in [-0.39, 0.29) is 0 Å². The molecule has 2 aromatic rings. The number of nitrogens with zero attached hydrogens (tertiary/aromatic N) is 2. The van der Waals surface area contributed by atoms with Crippen molar-refractivity contribution in [1.29, 1.82) is 0 Å². The van der Waals surface area contributed by atoms with Crippen molar-refractivity contribution in [2.75, 3.05) is 0 Å². The van der Waals surface area contributed by atoms with Gasteiger partial charge in [0.1, 0.15) is 0 Å². The van der Waals surface area contributed by atoms with Crippen molar-refractivity contribution < 1.29 is 4.74 Å². The number of hydrogen-bond acceptors (Lipinski definition) is 3. The van der Waals surface area contributed by atoms with Crippen LogP contribution in [0.4, 0.5) is 0 Å². The molecule has 0 bridgehead atoms. The Labute approximate surface area is 172 Å². The number of rotatable bonds is 14. The summed E-state index contributed by atoms with van der Waals surface area (Å²) in [6, 6.07) is 8.39. The molecule has 154 valence electrons. The third-order valence-electron chi connectivity index (χ3n) is 5.35. The molecule has 1 unspecified atom stereocenters. The zero-order chi connectivity index (χ0) is 20.0. The van der Waals surface area contributed by atoms with Crippen molar-refractivity contribution in [3.63, 3.8) is 0 Å². The van der Waals surface area contributed by atoms with Crippen LogP contribution in [0.1, 0.15) is 89.7 Å². The lowest BCUT2D eigenvalue weighted by Crippen LogP contribution is -2.05. The molecule has 28 heavy (non-hydrogen) atoms. The molecule has 0 aliphatic rings. The minimum atomic E-state index is 0.302. The van der Waals surface area contributed by atoms with Gasteiger partial charge in [0.15, 0.2) is 5.82 Å². The Kier molecular flexibility index (Phi) is 10.8. The molecule has 2 rings (SSSR count). The maximum atomic E-state index is 5.79. The average molecular weight is 383 g/mol. The Morgan fingerprint density at radius 3 is 2.00 bits per heavy atom. The van der Waals surface area contributed by atoms with Crippen molar-refractivity contribution >= 4 is 0 Å². The minimum absolute atomic E-state index is 0.302. The fraction of sp³-hybridized carbons (Fsp3) is 0.600. The molecule has 1 aromatic carbocycles. The Morgan fingerprint density at radius 2 is 1.39 bits per heavy atom. The lowest BCUT2D eigenvalue weighted by molar-refractivity contribution is 0.0508. The molecule has 1 atom stereocenters. The van der Waals surface area contributed by atoms with Gasteiger partial charge in [0.2, 0.25) is 0 Å². The number of ether oxygens (including phenoxy) is 1. The fourth-order valence-electron chi connectivity index (χ4n) is 3.20. The van der Waals surface area contributed by atoms with Crippen LogP contribution >= 0.6 is 0 Å². The smallest absolute Gasteiger partial charge is 0.159 e. The minimum Gasteiger partial charge on any atom is -0.374 e. The zero-order valence-corrected chi connectivity index (χ0v) is 18.1. The molecule has 0 N–H and O–H groups in total. The predicted molar refractivity (Wildman–Crippen MR) is 118 cm³/mol. The fourth-order valence-corrected chi connectivity index (χ4v) is 3.20. The molecular formula is C25H38N2O. The Hall–Kier alpha value is -1.74. The van der Waals surface area contributed by atoms with Gasteiger partial charge in [-0.25, -0.2) is 9.97 Å². The third kappa shape index (κ3) is 8.52. The van der Waals surface area contributed by atoms with Gasteiger partial charge < -0.3 is 4.74 Å². The van der Waals surface area contributed by atoms with Gasteiger partial charge in [-0.1, -0.05) is 83.1 Å². The van der Waals surface area contributed by atoms with Gasteiger partial charge in [0, 0.05) is 18.0 Å². The summed E-state index contributed by atoms with van der Waals surface area (Å²) in [7, 11) is 0. The molecule has 0 fully saturated rings. The number of aromatic nitrogens is 2. The summed E-state index contributed by atoms with van der Waals surface area (Å²) in [5.74, 6) is 0.800. The molecule has 1 heterocycles. The molecule has 3 heteroatoms. The first kappa shape index (κ1) is 22.5. The van der Waals surface area contributed by atoms with Crippen molar-refractivity contribution in [3.05, 3.63) is 47.8 Å². The quantitative estimate of drug-likeness (QED) is 0.326. The van der Waals surface area contributed by atoms with E-state index in [2.05, 4.69) is 55.0 Å². The number of unbranched alkanes of at least 4 members (excludes halogenated alkanes) is 7. The van der Waals surface area contributed by atoms with Crippen LogP contribution in [0.5, 0.6) is 0 Å². The van der Waals surface area contributed by atoms with E-state index in [0.29, 0.717) is 12.7 Å². The van der Waals surface area contributed by atoms with E-state index in [1.54, 1.807) is 0 Å². The summed E-state index contributed by atoms with van der Waals surface area (Å²) in [5, 5.41) is 0. The first-order valence-corrected chi connectivity index (χ1v) is 11.2. The second-order valence-corrected chi connectivity index (χ2v) is 7.87. The highest BCUT2D eigenvalue weighted by Gasteiger charge is 2.04. The maximum Gasteiger partial charge on any atom is 0.159 e. The maximum absolute atomic E-state index is 5.79. The molecule has 0 aliphatic carbocycles. The van der Waals surface area contributed by atoms with Crippen LogP contribution in [-0.4, -0.2) is 16.1 Å². The van der Waals surface area contributed by atoms with Crippen LogP contribution in [-0.2, 0) is 17.8 Å². The highest BCUT2D eigenvalue weighted by molar-refractivity contribution is 5.55. The first-order chi connectivity index (χ1) is 13.7. The largest absolute Gasteiger partial charge is 0.374 e. The lowest BCUT2D eigenvalue weighted by atomic mass is 10.1. The molecule has 1 aromatic heterocycles. The van der Waals surface area contributed by atoms with Crippen LogP contribution < -0.4 is 0 Å². The van der Waals surface area contributed by atoms with E-state index in [1.807, 2.05) is 12.4 Å². The van der Waals surface area contributed by atoms with Crippen LogP contribution in [0.15, 0.2) is 36.7 Å². The highest BCUT2D eigenvalue weighted by atomic mass is 16.5. The SMILES string of the molecule is CCCCCCCCCCc1cnc(-c2ccc(COC(C)CC)cc2)nc1. The Bertz CT molecular complexity index is 637. The number of aryl methyl sites for hydroxylation is 1. The van der Waals surface area contributed by atoms with Gasteiger partial charge in [-0.3, -0.25) is 0 Å². The summed E-state index contributed by atoms with van der Waals surface area (Å²) in [4.78, 5) is 9.15. The number of benzene rings is 1. The van der Waals surface area contributed by atoms with Crippen molar-refractivity contribution in [2.45, 2.75) is 97.7 Å². The van der Waals surface area contributed by atoms with Crippen molar-refractivity contribution in [1.82, 2.24) is 9.97 Å². The molecular weight excluding hydrogens is 344 g/mol. The Morgan fingerprint density at radius 1 is 0.786 bits per heavy atom. The van der Waals surface area contributed by atoms with E-state index < -0.39 is 0 Å². The van der Waals surface area contributed by atoms with Crippen molar-refractivity contribution in [2.24, 2.45) is 0 Å². The lowest BCUT2D eigenvalue weighted by Gasteiger charge is -2.10. The van der Waals surface area contributed by atoms with E-state index in [4.69, 9.17) is 4.74 Å². The summed E-state index contributed by atoms with van der Waals surface area (Å²) in [6.45, 7) is 7.18. The van der Waals surface area contributed by atoms with Gasteiger partial charge in [-0.05, 0) is 37.3 Å². The molecule has 0 spiro atoms. The molecule has 0 amide bonds. The van der Waals surface area contributed by atoms with Gasteiger partial charge in [-0.2, -0.15) is 0 Å². The Balaban J connectivity index is 1.71. The second-order valence-electron chi connectivity index (χ2n) is 7.87. The van der Waals surface area contributed by atoms with Crippen LogP contribution in [0, 0.1) is 0 Å². The monoisotopic (exact) mass is 382 g/mol. The second kappa shape index (κ2) is 13.4. The van der Waals surface area contributed by atoms with E-state index in [0.717, 1.165) is 24.2 Å². The summed E-state index contributed by atoms with van der Waals surface area (Å²) < 4.78 is 5.79. The van der Waals surface area contributed by atoms with Crippen LogP contribution in [0.2, 0.25) is 0 Å². The zero-order valence-electron chi connectivity index (χ0n) is 18.1. The van der Waals surface area contributed by atoms with Crippen molar-refractivity contribution in [3.8, 4) is 11.4 Å². The van der Waals surface area contributed by atoms with E-state index in [9.17, 15) is 0 Å². The predicted octanol–water partition coefficient (Wildman–Crippen LogP) is 7.14. The van der Waals surface area contributed by atoms with Gasteiger partial charge in [0.25, 0.3) is 0 Å². The van der Waals surface area contributed by atoms with Gasteiger partial charge in [-0.15, -0.1) is 0 Å². The molecule has 0 saturated heterocycles. The summed E-state index contributed by atoms with van der Waals surface area (Å²) in [5.41, 5.74) is 3.49. The average Bonchev–Trinajstić information content (AvgIpc) is 2.74. The summed E-state index contributed by atoms with van der Waals surface area (Å²) >= 11 is 0. The van der Waals surface area contributed by atoms with E-state index in [1.165, 1.54) is 62.5 Å². The van der Waals surface area contributed by atoms with Gasteiger partial charge >= 0.3 is 0 Å². The van der Waals surface area contributed by atoms with E-state index >= 15 is 0 Å². The summed E-state index contributed by atoms with van der Waals surface area (Å²) in [6.07, 6.45) is 17.2. The molecule has 0 radical (unpaired) electrons. The normalized spacial score (nSPS) is 12.2. The standard InChI is InChI=1S/C25H38N2O/c1-4-6-7-8-9-10-11-12-13-23-18-26-25(27-19-23)24-16-14-22(15-17-24)20-28-21(3)5-2/h14-19,21H,4-13,20H2,1-3H3. The van der Waals surface area contributed by atoms with Gasteiger partial charge in [0.05, 0.1) is 12.7 Å². The molecule has 0 aliphatic heterocycles. The third-order valence-corrected chi connectivity index (χ3v) is 5.35. The van der Waals surface area contributed by atoms with Crippen LogP contribution in [0.25, 0.3) is 11.4 Å². The first-order valence-electron chi connectivity index (χ1n) is 11.2.